The van der Waals surface area contributed by atoms with Crippen molar-refractivity contribution in [3.63, 3.8) is 0 Å². The minimum atomic E-state index is -6.03. The monoisotopic (exact) mass is 696 g/mol. The number of hydrogen-bond donors (Lipinski definition) is 0. The highest BCUT2D eigenvalue weighted by molar-refractivity contribution is 7.88. The van der Waals surface area contributed by atoms with E-state index in [0.29, 0.717) is 22.3 Å². The second kappa shape index (κ2) is 13.3. The van der Waals surface area contributed by atoms with Gasteiger partial charge in [-0.15, -0.1) is 13.2 Å². The van der Waals surface area contributed by atoms with Gasteiger partial charge in [-0.05, 0) is 58.4 Å². The summed E-state index contributed by atoms with van der Waals surface area (Å²) in [6.07, 6.45) is 2.46. The van der Waals surface area contributed by atoms with Gasteiger partial charge in [0.1, 0.15) is 11.5 Å². The van der Waals surface area contributed by atoms with Crippen LogP contribution >= 0.6 is 0 Å². The molecule has 0 saturated heterocycles. The summed E-state index contributed by atoms with van der Waals surface area (Å²) in [6.45, 7) is 7.23. The van der Waals surface area contributed by atoms with Crippen LogP contribution in [0.15, 0.2) is 122 Å². The number of alkyl halides is 6. The molecule has 0 bridgehead atoms. The summed E-state index contributed by atoms with van der Waals surface area (Å²) >= 11 is 0. The molecule has 0 radical (unpaired) electrons. The Labute approximate surface area is 267 Å². The lowest BCUT2D eigenvalue weighted by atomic mass is 9.64. The predicted octanol–water partition coefficient (Wildman–Crippen LogP) is 7.98. The second-order valence-corrected chi connectivity index (χ2v) is 13.2. The van der Waals surface area contributed by atoms with Crippen LogP contribution in [0.1, 0.15) is 33.4 Å². The molecule has 0 atom stereocenters. The molecule has 248 valence electrons. The van der Waals surface area contributed by atoms with Crippen LogP contribution in [0.25, 0.3) is 0 Å². The fraction of sp³-hybridized carbons (Fsp3) is 0.152. The number of rotatable bonds is 12. The molecule has 6 nitrogen and oxygen atoms in total. The van der Waals surface area contributed by atoms with Crippen molar-refractivity contribution in [2.45, 2.75) is 29.3 Å². The first-order chi connectivity index (χ1) is 22.0. The molecule has 14 heteroatoms. The van der Waals surface area contributed by atoms with Gasteiger partial charge in [0.2, 0.25) is 0 Å². The first-order valence-electron chi connectivity index (χ1n) is 13.6. The Kier molecular flexibility index (Phi) is 9.97. The molecule has 0 amide bonds. The lowest BCUT2D eigenvalue weighted by Crippen LogP contribution is -2.32. The Balaban J connectivity index is 2.08. The van der Waals surface area contributed by atoms with Gasteiger partial charge in [-0.2, -0.15) is 43.2 Å². The zero-order valence-electron chi connectivity index (χ0n) is 24.3. The Bertz CT molecular complexity index is 1830. The average Bonchev–Trinajstić information content (AvgIpc) is 3.00. The zero-order valence-corrected chi connectivity index (χ0v) is 25.9. The number of benzene rings is 4. The van der Waals surface area contributed by atoms with Crippen molar-refractivity contribution in [2.75, 3.05) is 0 Å². The molecule has 4 rings (SSSR count). The summed E-state index contributed by atoms with van der Waals surface area (Å²) < 4.78 is 136. The van der Waals surface area contributed by atoms with Gasteiger partial charge < -0.3 is 8.37 Å². The fourth-order valence-electron chi connectivity index (χ4n) is 5.13. The maximum absolute atomic E-state index is 13.2. The van der Waals surface area contributed by atoms with Gasteiger partial charge in [0.15, 0.2) is 0 Å². The molecule has 0 spiro atoms. The van der Waals surface area contributed by atoms with Crippen molar-refractivity contribution in [3.8, 4) is 11.5 Å². The predicted molar refractivity (Wildman–Crippen MR) is 164 cm³/mol. The van der Waals surface area contributed by atoms with Crippen LogP contribution in [0.2, 0.25) is 0 Å². The van der Waals surface area contributed by atoms with Gasteiger partial charge in [-0.3, -0.25) is 0 Å². The van der Waals surface area contributed by atoms with E-state index in [-0.39, 0.29) is 24.0 Å². The van der Waals surface area contributed by atoms with Crippen LogP contribution in [-0.4, -0.2) is 27.9 Å². The van der Waals surface area contributed by atoms with Crippen molar-refractivity contribution < 1.29 is 51.5 Å². The molecule has 0 saturated carbocycles. The van der Waals surface area contributed by atoms with E-state index in [1.807, 2.05) is 0 Å². The molecule has 0 aliphatic heterocycles. The summed E-state index contributed by atoms with van der Waals surface area (Å²) in [4.78, 5) is 0. The van der Waals surface area contributed by atoms with Gasteiger partial charge in [0.05, 0.1) is 5.41 Å². The molecule has 0 unspecified atom stereocenters. The molecule has 0 aliphatic carbocycles. The van der Waals surface area contributed by atoms with Crippen molar-refractivity contribution in [2.24, 2.45) is 0 Å². The van der Waals surface area contributed by atoms with E-state index in [1.54, 1.807) is 60.7 Å². The van der Waals surface area contributed by atoms with E-state index in [9.17, 15) is 43.2 Å². The van der Waals surface area contributed by atoms with E-state index in [4.69, 9.17) is 0 Å². The van der Waals surface area contributed by atoms with Crippen molar-refractivity contribution in [1.29, 1.82) is 0 Å². The quantitative estimate of drug-likeness (QED) is 0.0491. The van der Waals surface area contributed by atoms with E-state index in [0.717, 1.165) is 12.1 Å². The van der Waals surface area contributed by atoms with Crippen LogP contribution in [0.4, 0.5) is 26.3 Å². The van der Waals surface area contributed by atoms with Crippen molar-refractivity contribution in [3.05, 3.63) is 156 Å². The highest BCUT2D eigenvalue weighted by atomic mass is 32.2. The molecule has 0 heterocycles. The van der Waals surface area contributed by atoms with Gasteiger partial charge >= 0.3 is 31.3 Å². The number of hydrogen-bond acceptors (Lipinski definition) is 6. The normalized spacial score (nSPS) is 12.7. The van der Waals surface area contributed by atoms with Crippen molar-refractivity contribution >= 4 is 20.2 Å². The summed E-state index contributed by atoms with van der Waals surface area (Å²) in [6, 6.07) is 25.2. The first-order valence-corrected chi connectivity index (χ1v) is 16.4. The highest BCUT2D eigenvalue weighted by Crippen LogP contribution is 2.47. The summed E-state index contributed by atoms with van der Waals surface area (Å²) in [5.41, 5.74) is -10.7. The number of halogens is 6. The topological polar surface area (TPSA) is 86.7 Å². The van der Waals surface area contributed by atoms with E-state index in [2.05, 4.69) is 21.5 Å². The van der Waals surface area contributed by atoms with Crippen LogP contribution in [0.3, 0.4) is 0 Å². The van der Waals surface area contributed by atoms with Gasteiger partial charge in [-0.1, -0.05) is 97.1 Å². The van der Waals surface area contributed by atoms with Crippen LogP contribution < -0.4 is 8.37 Å². The smallest absolute Gasteiger partial charge is 0.376 e. The highest BCUT2D eigenvalue weighted by Gasteiger charge is 2.50. The lowest BCUT2D eigenvalue weighted by molar-refractivity contribution is -0.0505. The van der Waals surface area contributed by atoms with E-state index < -0.39 is 48.2 Å². The zero-order chi connectivity index (χ0) is 34.7. The summed E-state index contributed by atoms with van der Waals surface area (Å²) in [5, 5.41) is 0. The molecule has 4 aromatic carbocycles. The molecule has 0 fully saturated rings. The molecule has 0 aliphatic rings. The van der Waals surface area contributed by atoms with Crippen LogP contribution in [0, 0.1) is 0 Å². The average molecular weight is 697 g/mol. The summed E-state index contributed by atoms with van der Waals surface area (Å²) in [7, 11) is -12.1. The number of allylic oxidation sites excluding steroid dienone is 2. The third-order valence-corrected chi connectivity index (χ3v) is 9.03. The third-order valence-electron chi connectivity index (χ3n) is 7.10. The minimum absolute atomic E-state index is 0.0316. The van der Waals surface area contributed by atoms with Crippen molar-refractivity contribution in [1.82, 2.24) is 0 Å². The van der Waals surface area contributed by atoms with Gasteiger partial charge in [0.25, 0.3) is 0 Å². The Hall–Kier alpha value is -4.56. The Morgan fingerprint density at radius 2 is 0.872 bits per heavy atom. The Morgan fingerprint density at radius 1 is 0.532 bits per heavy atom. The van der Waals surface area contributed by atoms with Gasteiger partial charge in [0, 0.05) is 0 Å². The third kappa shape index (κ3) is 7.08. The molecular weight excluding hydrogens is 670 g/mol. The molecule has 0 N–H and O–H groups in total. The van der Waals surface area contributed by atoms with E-state index >= 15 is 0 Å². The largest absolute Gasteiger partial charge is 0.534 e. The SMILES string of the molecule is C=CCc1cc(C(c2ccccc2)(c2ccccc2)c2ccc(OS(=O)(=O)C(F)(F)F)c(CC=C)c2)ccc1OS(=O)(=O)C(F)(F)F. The summed E-state index contributed by atoms with van der Waals surface area (Å²) in [5.74, 6) is -1.18. The lowest BCUT2D eigenvalue weighted by Gasteiger charge is -2.37. The van der Waals surface area contributed by atoms with Crippen LogP contribution in [0.5, 0.6) is 11.5 Å². The molecule has 4 aromatic rings. The maximum Gasteiger partial charge on any atom is 0.534 e. The maximum atomic E-state index is 13.2. The molecule has 47 heavy (non-hydrogen) atoms. The second-order valence-electron chi connectivity index (χ2n) is 10.1. The van der Waals surface area contributed by atoms with Crippen LogP contribution in [-0.2, 0) is 38.5 Å². The molecule has 0 aromatic heterocycles. The van der Waals surface area contributed by atoms with Gasteiger partial charge in [-0.25, -0.2) is 0 Å². The minimum Gasteiger partial charge on any atom is -0.376 e. The van der Waals surface area contributed by atoms with E-state index in [1.165, 1.54) is 36.4 Å². The standard InChI is InChI=1S/C33H26F6O6S2/c1-3-11-23-21-27(17-19-29(23)44-46(40,41)32(34,35)36)31(25-13-7-5-8-14-25,26-15-9-6-10-16-26)28-18-20-30(24(22-28)12-4-2)45-47(42,43)33(37,38)39/h3-10,13-22H,1-2,11-12H2. The first kappa shape index (κ1) is 35.3. The fourth-order valence-corrected chi connectivity index (χ4v) is 6.11. The molecular formula is C33H26F6O6S2. The Morgan fingerprint density at radius 3 is 1.17 bits per heavy atom.